The number of aliphatic hydroxyl groups excluding tert-OH is 1. The molecule has 0 unspecified atom stereocenters. The van der Waals surface area contributed by atoms with Crippen molar-refractivity contribution in [3.05, 3.63) is 0 Å². The summed E-state index contributed by atoms with van der Waals surface area (Å²) in [5, 5.41) is 21.4. The molecular formula is C16H17F4N3O3. The third-order valence-corrected chi connectivity index (χ3v) is 6.39. The van der Waals surface area contributed by atoms with E-state index in [9.17, 15) is 32.3 Å². The maximum Gasteiger partial charge on any atom is 0.312 e. The highest BCUT2D eigenvalue weighted by Gasteiger charge is 2.72. The molecule has 0 radical (unpaired) electrons. The number of hydrogen-bond acceptors (Lipinski definition) is 4. The van der Waals surface area contributed by atoms with Gasteiger partial charge in [0.15, 0.2) is 0 Å². The van der Waals surface area contributed by atoms with Crippen molar-refractivity contribution in [1.29, 1.82) is 5.26 Å². The topological polar surface area (TPSA) is 93.4 Å². The average molecular weight is 375 g/mol. The van der Waals surface area contributed by atoms with Crippen LogP contribution in [-0.2, 0) is 9.59 Å². The summed E-state index contributed by atoms with van der Waals surface area (Å²) in [6.07, 6.45) is -3.62. The van der Waals surface area contributed by atoms with Gasteiger partial charge in [-0.25, -0.2) is 17.6 Å². The van der Waals surface area contributed by atoms with E-state index in [4.69, 9.17) is 5.26 Å². The van der Waals surface area contributed by atoms with Crippen molar-refractivity contribution in [3.8, 4) is 6.07 Å². The zero-order chi connectivity index (χ0) is 19.2. The monoisotopic (exact) mass is 375 g/mol. The van der Waals surface area contributed by atoms with Crippen LogP contribution in [0.5, 0.6) is 0 Å². The predicted octanol–water partition coefficient (Wildman–Crippen LogP) is 0.945. The molecule has 2 bridgehead atoms. The summed E-state index contributed by atoms with van der Waals surface area (Å²) >= 11 is 0. The Bertz CT molecular complexity index is 730. The number of alkyl halides is 4. The molecule has 5 aliphatic rings. The quantitative estimate of drug-likeness (QED) is 0.527. The van der Waals surface area contributed by atoms with Gasteiger partial charge >= 0.3 is 11.8 Å². The zero-order valence-corrected chi connectivity index (χ0v) is 13.7. The smallest absolute Gasteiger partial charge is 0.312 e. The zero-order valence-electron chi connectivity index (χ0n) is 13.7. The summed E-state index contributed by atoms with van der Waals surface area (Å²) in [6, 6.07) is 2.13. The van der Waals surface area contributed by atoms with Gasteiger partial charge in [0.25, 0.3) is 11.8 Å². The van der Waals surface area contributed by atoms with E-state index < -0.39 is 72.1 Å². The lowest BCUT2D eigenvalue weighted by molar-refractivity contribution is -0.160. The third-order valence-electron chi connectivity index (χ3n) is 6.39. The molecule has 1 aliphatic heterocycles. The highest BCUT2D eigenvalue weighted by molar-refractivity contribution is 6.35. The number of nitriles is 1. The van der Waals surface area contributed by atoms with E-state index in [1.54, 1.807) is 0 Å². The lowest BCUT2D eigenvalue weighted by atomic mass is 9.40. The van der Waals surface area contributed by atoms with Gasteiger partial charge in [0.1, 0.15) is 6.10 Å². The number of carbonyl (C=O) groups is 2. The van der Waals surface area contributed by atoms with Crippen LogP contribution in [0.1, 0.15) is 38.5 Å². The molecule has 5 rings (SSSR count). The van der Waals surface area contributed by atoms with Crippen LogP contribution in [0.3, 0.4) is 0 Å². The molecule has 0 aromatic heterocycles. The maximum absolute atomic E-state index is 14.0. The van der Waals surface area contributed by atoms with E-state index in [2.05, 4.69) is 11.4 Å². The summed E-state index contributed by atoms with van der Waals surface area (Å²) < 4.78 is 55.4. The molecular weight excluding hydrogens is 358 g/mol. The van der Waals surface area contributed by atoms with Gasteiger partial charge in [-0.05, 0) is 25.7 Å². The van der Waals surface area contributed by atoms with E-state index in [1.165, 1.54) is 0 Å². The number of rotatable bonds is 1. The number of carbonyl (C=O) groups excluding carboxylic acids is 2. The molecule has 10 heteroatoms. The minimum absolute atomic E-state index is 0.386. The number of aliphatic hydroxyl groups is 1. The molecule has 5 fully saturated rings. The van der Waals surface area contributed by atoms with Crippen LogP contribution in [0, 0.1) is 16.7 Å². The van der Waals surface area contributed by atoms with Crippen molar-refractivity contribution in [3.63, 3.8) is 0 Å². The fraction of sp³-hybridized carbons (Fsp3) is 0.812. The van der Waals surface area contributed by atoms with Crippen molar-refractivity contribution in [1.82, 2.24) is 10.2 Å². The number of hydrogen-bond donors (Lipinski definition) is 2. The normalized spacial score (nSPS) is 44.2. The summed E-state index contributed by atoms with van der Waals surface area (Å²) in [5.74, 6) is -9.55. The second kappa shape index (κ2) is 4.68. The fourth-order valence-electron chi connectivity index (χ4n) is 5.21. The number of nitrogens with one attached hydrogen (secondary N) is 1. The van der Waals surface area contributed by atoms with Crippen LogP contribution < -0.4 is 5.32 Å². The highest BCUT2D eigenvalue weighted by Crippen LogP contribution is 2.66. The lowest BCUT2D eigenvalue weighted by Gasteiger charge is -2.66. The Morgan fingerprint density at radius 2 is 1.73 bits per heavy atom. The van der Waals surface area contributed by atoms with Crippen molar-refractivity contribution < 1.29 is 32.3 Å². The molecule has 1 saturated heterocycles. The largest absolute Gasteiger partial charge is 0.384 e. The molecule has 4 saturated carbocycles. The van der Waals surface area contributed by atoms with Crippen LogP contribution in [0.25, 0.3) is 0 Å². The summed E-state index contributed by atoms with van der Waals surface area (Å²) in [4.78, 5) is 25.2. The summed E-state index contributed by atoms with van der Waals surface area (Å²) in [7, 11) is 0. The second-order valence-electron chi connectivity index (χ2n) is 8.35. The van der Waals surface area contributed by atoms with Gasteiger partial charge in [0.2, 0.25) is 0 Å². The minimum Gasteiger partial charge on any atom is -0.384 e. The van der Waals surface area contributed by atoms with Crippen LogP contribution in [0.2, 0.25) is 0 Å². The molecule has 6 nitrogen and oxygen atoms in total. The molecule has 1 heterocycles. The van der Waals surface area contributed by atoms with Crippen LogP contribution in [0.15, 0.2) is 0 Å². The van der Waals surface area contributed by atoms with E-state index in [-0.39, 0.29) is 0 Å². The standard InChI is InChI=1S/C16H17F4N3O3/c17-15(18)2-1-14(6-15)11(26)16(19,20)8-23(14)10(25)9(24)22-13-3-12(4-13,5-13)7-21/h11,26H,1-6,8H2,(H,22,24)/t11-,12?,13?,14-/m1/s1. The first-order valence-electron chi connectivity index (χ1n) is 8.38. The Kier molecular flexibility index (Phi) is 3.16. The van der Waals surface area contributed by atoms with E-state index in [0.29, 0.717) is 24.2 Å². The number of likely N-dealkylation sites (tertiary alicyclic amines) is 1. The van der Waals surface area contributed by atoms with Gasteiger partial charge in [-0.2, -0.15) is 5.26 Å². The van der Waals surface area contributed by atoms with E-state index in [0.717, 1.165) is 0 Å². The van der Waals surface area contributed by atoms with Gasteiger partial charge < -0.3 is 15.3 Å². The minimum atomic E-state index is -3.77. The molecule has 4 aliphatic carbocycles. The van der Waals surface area contributed by atoms with Gasteiger partial charge in [-0.1, -0.05) is 0 Å². The van der Waals surface area contributed by atoms with Gasteiger partial charge in [-0.15, -0.1) is 0 Å². The van der Waals surface area contributed by atoms with Crippen molar-refractivity contribution in [2.75, 3.05) is 6.54 Å². The Hall–Kier alpha value is -1.89. The van der Waals surface area contributed by atoms with Crippen molar-refractivity contribution in [2.45, 2.75) is 67.6 Å². The Morgan fingerprint density at radius 1 is 1.12 bits per heavy atom. The van der Waals surface area contributed by atoms with Gasteiger partial charge in [-0.3, -0.25) is 9.59 Å². The SMILES string of the molecule is N#CC12CC(NC(=O)C(=O)N3CC(F)(F)[C@H](O)[C@]34CCC(F)(F)C4)(C1)C2. The predicted molar refractivity (Wildman–Crippen MR) is 77.0 cm³/mol. The molecule has 2 amide bonds. The van der Waals surface area contributed by atoms with Crippen LogP contribution in [-0.4, -0.2) is 57.4 Å². The summed E-state index contributed by atoms with van der Waals surface area (Å²) in [5.41, 5.74) is -3.31. The third kappa shape index (κ3) is 2.12. The fourth-order valence-corrected chi connectivity index (χ4v) is 5.21. The van der Waals surface area contributed by atoms with Crippen LogP contribution >= 0.6 is 0 Å². The summed E-state index contributed by atoms with van der Waals surface area (Å²) in [6.45, 7) is -1.27. The Morgan fingerprint density at radius 3 is 2.23 bits per heavy atom. The van der Waals surface area contributed by atoms with E-state index >= 15 is 0 Å². The van der Waals surface area contributed by atoms with Gasteiger partial charge in [0.05, 0.1) is 23.6 Å². The molecule has 2 atom stereocenters. The molecule has 0 aromatic carbocycles. The van der Waals surface area contributed by atoms with Crippen molar-refractivity contribution >= 4 is 11.8 Å². The average Bonchev–Trinajstić information content (AvgIpc) is 2.90. The lowest BCUT2D eigenvalue weighted by Crippen LogP contribution is -2.75. The second-order valence-corrected chi connectivity index (χ2v) is 8.35. The first-order chi connectivity index (χ1) is 11.9. The number of halogens is 4. The van der Waals surface area contributed by atoms with Gasteiger partial charge in [0, 0.05) is 18.4 Å². The Labute approximate surface area is 146 Å². The molecule has 1 spiro atoms. The molecule has 0 aromatic rings. The first kappa shape index (κ1) is 17.5. The maximum atomic E-state index is 14.0. The molecule has 142 valence electrons. The molecule has 26 heavy (non-hydrogen) atoms. The van der Waals surface area contributed by atoms with Crippen molar-refractivity contribution in [2.24, 2.45) is 5.41 Å². The molecule has 2 N–H and O–H groups in total. The van der Waals surface area contributed by atoms with Crippen LogP contribution in [0.4, 0.5) is 17.6 Å². The Balaban J connectivity index is 1.53. The first-order valence-corrected chi connectivity index (χ1v) is 8.38. The number of amides is 2. The van der Waals surface area contributed by atoms with E-state index in [1.807, 2.05) is 0 Å². The number of nitrogens with zero attached hydrogens (tertiary/aromatic N) is 2. The highest BCUT2D eigenvalue weighted by atomic mass is 19.3.